The zero-order chi connectivity index (χ0) is 19.1. The van der Waals surface area contributed by atoms with E-state index in [9.17, 15) is 4.79 Å². The number of amides is 1. The van der Waals surface area contributed by atoms with E-state index in [2.05, 4.69) is 20.6 Å². The number of piperidine rings is 1. The fourth-order valence-corrected chi connectivity index (χ4v) is 3.29. The standard InChI is InChI=1S/C19H29N5O3.HI/c1-20-19(23-15-3-4-18(25)24(2)13-15)22-12-14-5-8-21-17(11-14)27-16-6-9-26-10-7-16;/h5,8,11,15-16H,3-4,6-7,9-10,12-13H2,1-2H3,(H2,20,22,23);1H. The molecule has 156 valence electrons. The maximum atomic E-state index is 11.6. The van der Waals surface area contributed by atoms with Crippen molar-refractivity contribution in [1.82, 2.24) is 20.5 Å². The quantitative estimate of drug-likeness (QED) is 0.360. The molecule has 3 heterocycles. The largest absolute Gasteiger partial charge is 0.474 e. The number of ether oxygens (including phenoxy) is 2. The number of likely N-dealkylation sites (N-methyl/N-ethyl adjacent to an activating group) is 1. The topological polar surface area (TPSA) is 88.1 Å². The van der Waals surface area contributed by atoms with Crippen molar-refractivity contribution in [3.8, 4) is 5.88 Å². The molecule has 28 heavy (non-hydrogen) atoms. The van der Waals surface area contributed by atoms with Crippen molar-refractivity contribution in [1.29, 1.82) is 0 Å². The summed E-state index contributed by atoms with van der Waals surface area (Å²) in [6.45, 7) is 2.80. The summed E-state index contributed by atoms with van der Waals surface area (Å²) in [5, 5.41) is 6.71. The molecular formula is C19H30IN5O3. The van der Waals surface area contributed by atoms with Crippen LogP contribution in [0.4, 0.5) is 0 Å². The van der Waals surface area contributed by atoms with E-state index in [0.29, 0.717) is 25.4 Å². The first kappa shape index (κ1) is 22.7. The number of rotatable bonds is 5. The lowest BCUT2D eigenvalue weighted by molar-refractivity contribution is -0.132. The Morgan fingerprint density at radius 2 is 2.18 bits per heavy atom. The lowest BCUT2D eigenvalue weighted by Crippen LogP contribution is -2.51. The lowest BCUT2D eigenvalue weighted by Gasteiger charge is -2.31. The van der Waals surface area contributed by atoms with Gasteiger partial charge in [-0.1, -0.05) is 0 Å². The molecule has 2 aliphatic heterocycles. The summed E-state index contributed by atoms with van der Waals surface area (Å²) >= 11 is 0. The number of guanidine groups is 1. The molecule has 0 spiro atoms. The number of aliphatic imine (C=N–C) groups is 1. The fraction of sp³-hybridized carbons (Fsp3) is 0.632. The minimum atomic E-state index is 0. The number of pyridine rings is 1. The van der Waals surface area contributed by atoms with Crippen molar-refractivity contribution in [3.63, 3.8) is 0 Å². The van der Waals surface area contributed by atoms with Gasteiger partial charge in [0.1, 0.15) is 6.10 Å². The van der Waals surface area contributed by atoms with E-state index in [0.717, 1.165) is 44.0 Å². The number of aromatic nitrogens is 1. The normalized spacial score (nSPS) is 21.1. The summed E-state index contributed by atoms with van der Waals surface area (Å²) < 4.78 is 11.3. The zero-order valence-corrected chi connectivity index (χ0v) is 18.8. The minimum absolute atomic E-state index is 0. The van der Waals surface area contributed by atoms with E-state index < -0.39 is 0 Å². The predicted molar refractivity (Wildman–Crippen MR) is 118 cm³/mol. The predicted octanol–water partition coefficient (Wildman–Crippen LogP) is 1.54. The summed E-state index contributed by atoms with van der Waals surface area (Å²) in [5.74, 6) is 1.58. The Labute approximate surface area is 183 Å². The van der Waals surface area contributed by atoms with Crippen LogP contribution in [0.1, 0.15) is 31.2 Å². The van der Waals surface area contributed by atoms with E-state index >= 15 is 0 Å². The molecule has 0 aromatic carbocycles. The Balaban J connectivity index is 0.00000280. The van der Waals surface area contributed by atoms with Crippen LogP contribution in [-0.4, -0.2) is 67.8 Å². The van der Waals surface area contributed by atoms with Crippen LogP contribution in [0, 0.1) is 0 Å². The maximum absolute atomic E-state index is 11.6. The molecule has 0 radical (unpaired) electrons. The summed E-state index contributed by atoms with van der Waals surface area (Å²) in [4.78, 5) is 22.0. The average Bonchev–Trinajstić information content (AvgIpc) is 2.69. The first-order chi connectivity index (χ1) is 13.1. The monoisotopic (exact) mass is 503 g/mol. The first-order valence-electron chi connectivity index (χ1n) is 9.54. The second-order valence-electron chi connectivity index (χ2n) is 7.01. The molecule has 2 saturated heterocycles. The first-order valence-corrected chi connectivity index (χ1v) is 9.54. The third-order valence-corrected chi connectivity index (χ3v) is 4.91. The number of likely N-dealkylation sites (tertiary alicyclic amines) is 1. The molecule has 1 atom stereocenters. The van der Waals surface area contributed by atoms with Crippen LogP contribution in [0.5, 0.6) is 5.88 Å². The van der Waals surface area contributed by atoms with E-state index in [1.807, 2.05) is 19.2 Å². The van der Waals surface area contributed by atoms with Gasteiger partial charge in [-0.05, 0) is 18.1 Å². The van der Waals surface area contributed by atoms with Crippen molar-refractivity contribution in [2.24, 2.45) is 4.99 Å². The SMILES string of the molecule is CN=C(NCc1ccnc(OC2CCOCC2)c1)NC1CCC(=O)N(C)C1.I. The highest BCUT2D eigenvalue weighted by Gasteiger charge is 2.23. The Morgan fingerprint density at radius 3 is 2.89 bits per heavy atom. The number of hydrogen-bond donors (Lipinski definition) is 2. The van der Waals surface area contributed by atoms with Crippen LogP contribution in [0.25, 0.3) is 0 Å². The van der Waals surface area contributed by atoms with Gasteiger partial charge in [-0.3, -0.25) is 9.79 Å². The second-order valence-corrected chi connectivity index (χ2v) is 7.01. The Bertz CT molecular complexity index is 667. The number of carbonyl (C=O) groups is 1. The van der Waals surface area contributed by atoms with Crippen LogP contribution >= 0.6 is 24.0 Å². The highest BCUT2D eigenvalue weighted by Crippen LogP contribution is 2.17. The molecule has 1 aromatic heterocycles. The molecule has 0 saturated carbocycles. The summed E-state index contributed by atoms with van der Waals surface area (Å²) in [5.41, 5.74) is 1.07. The van der Waals surface area contributed by atoms with Crippen LogP contribution in [0.15, 0.2) is 23.3 Å². The number of nitrogens with one attached hydrogen (secondary N) is 2. The summed E-state index contributed by atoms with van der Waals surface area (Å²) in [7, 11) is 3.59. The molecule has 9 heteroatoms. The lowest BCUT2D eigenvalue weighted by atomic mass is 10.1. The van der Waals surface area contributed by atoms with Crippen molar-refractivity contribution >= 4 is 35.8 Å². The van der Waals surface area contributed by atoms with Crippen LogP contribution in [-0.2, 0) is 16.1 Å². The maximum Gasteiger partial charge on any atom is 0.222 e. The van der Waals surface area contributed by atoms with Crippen molar-refractivity contribution in [2.45, 2.75) is 44.4 Å². The molecule has 1 amide bonds. The van der Waals surface area contributed by atoms with E-state index in [-0.39, 0.29) is 42.0 Å². The van der Waals surface area contributed by atoms with E-state index in [1.165, 1.54) is 0 Å². The molecule has 2 N–H and O–H groups in total. The molecule has 0 bridgehead atoms. The van der Waals surface area contributed by atoms with Gasteiger partial charge >= 0.3 is 0 Å². The van der Waals surface area contributed by atoms with Gasteiger partial charge in [0.15, 0.2) is 5.96 Å². The van der Waals surface area contributed by atoms with E-state index in [4.69, 9.17) is 9.47 Å². The second kappa shape index (κ2) is 11.4. The summed E-state index contributed by atoms with van der Waals surface area (Å²) in [6, 6.07) is 4.14. The zero-order valence-electron chi connectivity index (χ0n) is 16.5. The number of halogens is 1. The van der Waals surface area contributed by atoms with Crippen molar-refractivity contribution < 1.29 is 14.3 Å². The van der Waals surface area contributed by atoms with Gasteiger partial charge in [-0.25, -0.2) is 4.98 Å². The fourth-order valence-electron chi connectivity index (χ4n) is 3.29. The third kappa shape index (κ3) is 6.77. The van der Waals surface area contributed by atoms with Crippen molar-refractivity contribution in [2.75, 3.05) is 33.9 Å². The molecule has 0 aliphatic carbocycles. The summed E-state index contributed by atoms with van der Waals surface area (Å²) in [6.07, 6.45) is 5.14. The third-order valence-electron chi connectivity index (χ3n) is 4.91. The van der Waals surface area contributed by atoms with Crippen molar-refractivity contribution in [3.05, 3.63) is 23.9 Å². The average molecular weight is 503 g/mol. The van der Waals surface area contributed by atoms with Gasteiger partial charge in [-0.2, -0.15) is 0 Å². The van der Waals surface area contributed by atoms with Gasteiger partial charge < -0.3 is 25.0 Å². The van der Waals surface area contributed by atoms with Crippen LogP contribution in [0.3, 0.4) is 0 Å². The number of hydrogen-bond acceptors (Lipinski definition) is 5. The smallest absolute Gasteiger partial charge is 0.222 e. The minimum Gasteiger partial charge on any atom is -0.474 e. The highest BCUT2D eigenvalue weighted by atomic mass is 127. The van der Waals surface area contributed by atoms with Gasteiger partial charge in [0.25, 0.3) is 0 Å². The Hall–Kier alpha value is -1.62. The molecule has 2 aliphatic rings. The number of carbonyl (C=O) groups excluding carboxylic acids is 1. The molecular weight excluding hydrogens is 473 g/mol. The molecule has 8 nitrogen and oxygen atoms in total. The molecule has 1 unspecified atom stereocenters. The molecule has 3 rings (SSSR count). The molecule has 2 fully saturated rings. The van der Waals surface area contributed by atoms with Gasteiger partial charge in [0, 0.05) is 64.8 Å². The van der Waals surface area contributed by atoms with Crippen LogP contribution < -0.4 is 15.4 Å². The number of nitrogens with zero attached hydrogens (tertiary/aromatic N) is 3. The highest BCUT2D eigenvalue weighted by molar-refractivity contribution is 14.0. The van der Waals surface area contributed by atoms with Gasteiger partial charge in [0.05, 0.1) is 13.2 Å². The molecule has 1 aromatic rings. The Kier molecular flexibility index (Phi) is 9.23. The van der Waals surface area contributed by atoms with Gasteiger partial charge in [0.2, 0.25) is 11.8 Å². The van der Waals surface area contributed by atoms with E-state index in [1.54, 1.807) is 18.1 Å². The van der Waals surface area contributed by atoms with Crippen LogP contribution in [0.2, 0.25) is 0 Å². The van der Waals surface area contributed by atoms with Gasteiger partial charge in [-0.15, -0.1) is 24.0 Å². The Morgan fingerprint density at radius 1 is 1.39 bits per heavy atom.